The second kappa shape index (κ2) is 4.29. The number of nitrogens with zero attached hydrogens (tertiary/aromatic N) is 1. The van der Waals surface area contributed by atoms with Gasteiger partial charge >= 0.3 is 6.03 Å². The van der Waals surface area contributed by atoms with Crippen LogP contribution in [0.4, 0.5) is 4.79 Å². The average Bonchev–Trinajstić information content (AvgIpc) is 2.26. The molecule has 4 amide bonds. The maximum absolute atomic E-state index is 11.9. The summed E-state index contributed by atoms with van der Waals surface area (Å²) in [5.41, 5.74) is 0.557. The summed E-state index contributed by atoms with van der Waals surface area (Å²) in [7, 11) is 1.34. The molecule has 1 fully saturated rings. The second-order valence-electron chi connectivity index (χ2n) is 3.68. The van der Waals surface area contributed by atoms with Gasteiger partial charge in [0.1, 0.15) is 5.92 Å². The lowest BCUT2D eigenvalue weighted by molar-refractivity contribution is -0.137. The number of halogens is 1. The summed E-state index contributed by atoms with van der Waals surface area (Å²) in [5.74, 6) is -2.07. The molecule has 17 heavy (non-hydrogen) atoms. The van der Waals surface area contributed by atoms with Gasteiger partial charge in [-0.2, -0.15) is 0 Å². The number of nitrogens with one attached hydrogen (secondary N) is 1. The van der Waals surface area contributed by atoms with Gasteiger partial charge in [-0.1, -0.05) is 28.1 Å². The van der Waals surface area contributed by atoms with E-state index in [4.69, 9.17) is 0 Å². The number of carbonyl (C=O) groups is 3. The molecule has 1 N–H and O–H groups in total. The van der Waals surface area contributed by atoms with Crippen molar-refractivity contribution in [1.82, 2.24) is 10.2 Å². The van der Waals surface area contributed by atoms with Crippen LogP contribution < -0.4 is 5.32 Å². The lowest BCUT2D eigenvalue weighted by Gasteiger charge is -2.27. The molecular weight excluding hydrogens is 288 g/mol. The lowest BCUT2D eigenvalue weighted by atomic mass is 9.95. The Bertz CT molecular complexity index is 515. The molecule has 0 spiro atoms. The molecular formula is C11H9BrN2O3. The van der Waals surface area contributed by atoms with Crippen LogP contribution in [0.2, 0.25) is 0 Å². The molecule has 6 heteroatoms. The van der Waals surface area contributed by atoms with Gasteiger partial charge in [-0.15, -0.1) is 0 Å². The Morgan fingerprint density at radius 3 is 2.65 bits per heavy atom. The molecule has 0 aliphatic carbocycles. The highest BCUT2D eigenvalue weighted by Crippen LogP contribution is 2.24. The number of amides is 4. The van der Waals surface area contributed by atoms with Crippen LogP contribution >= 0.6 is 15.9 Å². The van der Waals surface area contributed by atoms with Crippen LogP contribution in [0.1, 0.15) is 11.5 Å². The van der Waals surface area contributed by atoms with Crippen molar-refractivity contribution in [2.45, 2.75) is 5.92 Å². The minimum Gasteiger partial charge on any atom is -0.277 e. The van der Waals surface area contributed by atoms with Gasteiger partial charge in [0.25, 0.3) is 0 Å². The van der Waals surface area contributed by atoms with E-state index >= 15 is 0 Å². The molecule has 5 nitrogen and oxygen atoms in total. The number of barbiturate groups is 1. The fourth-order valence-electron chi connectivity index (χ4n) is 1.65. The first-order valence-electron chi connectivity index (χ1n) is 4.88. The van der Waals surface area contributed by atoms with E-state index in [1.54, 1.807) is 24.3 Å². The van der Waals surface area contributed by atoms with Gasteiger partial charge in [0.2, 0.25) is 11.8 Å². The topological polar surface area (TPSA) is 66.5 Å². The minimum atomic E-state index is -0.963. The number of rotatable bonds is 1. The Morgan fingerprint density at radius 2 is 2.00 bits per heavy atom. The van der Waals surface area contributed by atoms with Crippen LogP contribution in [0, 0.1) is 0 Å². The number of benzene rings is 1. The molecule has 0 aromatic heterocycles. The van der Waals surface area contributed by atoms with E-state index in [2.05, 4.69) is 21.2 Å². The van der Waals surface area contributed by atoms with Crippen LogP contribution in [-0.4, -0.2) is 29.8 Å². The molecule has 1 atom stereocenters. The maximum atomic E-state index is 11.9. The zero-order valence-corrected chi connectivity index (χ0v) is 10.5. The SMILES string of the molecule is CN1C(=O)NC(=O)C(c2cccc(Br)c2)C1=O. The molecule has 0 bridgehead atoms. The highest BCUT2D eigenvalue weighted by Gasteiger charge is 2.39. The molecule has 0 saturated carbocycles. The molecule has 88 valence electrons. The van der Waals surface area contributed by atoms with E-state index in [1.165, 1.54) is 7.05 Å². The third kappa shape index (κ3) is 2.08. The van der Waals surface area contributed by atoms with E-state index in [0.29, 0.717) is 5.56 Å². The first-order chi connectivity index (χ1) is 8.00. The van der Waals surface area contributed by atoms with Gasteiger partial charge in [-0.05, 0) is 17.7 Å². The Hall–Kier alpha value is -1.69. The average molecular weight is 297 g/mol. The summed E-state index contributed by atoms with van der Waals surface area (Å²) in [6.45, 7) is 0. The number of hydrogen-bond acceptors (Lipinski definition) is 3. The maximum Gasteiger partial charge on any atom is 0.330 e. The summed E-state index contributed by atoms with van der Waals surface area (Å²) < 4.78 is 0.773. The third-order valence-electron chi connectivity index (χ3n) is 2.56. The summed E-state index contributed by atoms with van der Waals surface area (Å²) >= 11 is 3.27. The Labute approximate surface area is 106 Å². The van der Waals surface area contributed by atoms with Crippen LogP contribution in [-0.2, 0) is 9.59 Å². The van der Waals surface area contributed by atoms with E-state index < -0.39 is 23.8 Å². The molecule has 1 aromatic carbocycles. The second-order valence-corrected chi connectivity index (χ2v) is 4.60. The molecule has 1 unspecified atom stereocenters. The summed E-state index contributed by atoms with van der Waals surface area (Å²) in [5, 5.41) is 2.14. The summed E-state index contributed by atoms with van der Waals surface area (Å²) in [4.78, 5) is 35.7. The van der Waals surface area contributed by atoms with E-state index in [-0.39, 0.29) is 0 Å². The number of imide groups is 2. The van der Waals surface area contributed by atoms with Crippen molar-refractivity contribution in [2.24, 2.45) is 0 Å². The van der Waals surface area contributed by atoms with Crippen molar-refractivity contribution >= 4 is 33.8 Å². The van der Waals surface area contributed by atoms with Gasteiger partial charge in [0.15, 0.2) is 0 Å². The number of hydrogen-bond donors (Lipinski definition) is 1. The minimum absolute atomic E-state index is 0.517. The zero-order chi connectivity index (χ0) is 12.6. The molecule has 1 aliphatic heterocycles. The van der Waals surface area contributed by atoms with Crippen molar-refractivity contribution in [3.8, 4) is 0 Å². The van der Waals surface area contributed by atoms with Gasteiger partial charge in [-0.3, -0.25) is 19.8 Å². The molecule has 1 aromatic rings. The van der Waals surface area contributed by atoms with Crippen LogP contribution in [0.3, 0.4) is 0 Å². The summed E-state index contributed by atoms with van der Waals surface area (Å²) in [6, 6.07) is 6.20. The van der Waals surface area contributed by atoms with Crippen molar-refractivity contribution in [2.75, 3.05) is 7.05 Å². The molecule has 0 radical (unpaired) electrons. The monoisotopic (exact) mass is 296 g/mol. The smallest absolute Gasteiger partial charge is 0.277 e. The fraction of sp³-hybridized carbons (Fsp3) is 0.182. The lowest BCUT2D eigenvalue weighted by Crippen LogP contribution is -2.55. The number of carbonyl (C=O) groups excluding carboxylic acids is 3. The Morgan fingerprint density at radius 1 is 1.29 bits per heavy atom. The van der Waals surface area contributed by atoms with Gasteiger partial charge < -0.3 is 0 Å². The van der Waals surface area contributed by atoms with Crippen molar-refractivity contribution in [3.63, 3.8) is 0 Å². The van der Waals surface area contributed by atoms with Gasteiger partial charge in [-0.25, -0.2) is 4.79 Å². The Kier molecular flexibility index (Phi) is 2.97. The first-order valence-corrected chi connectivity index (χ1v) is 5.68. The highest BCUT2D eigenvalue weighted by atomic mass is 79.9. The quantitative estimate of drug-likeness (QED) is 0.793. The van der Waals surface area contributed by atoms with E-state index in [1.807, 2.05) is 0 Å². The van der Waals surface area contributed by atoms with E-state index in [0.717, 1.165) is 9.37 Å². The normalized spacial score (nSPS) is 20.5. The van der Waals surface area contributed by atoms with Crippen LogP contribution in [0.5, 0.6) is 0 Å². The number of likely N-dealkylation sites (N-methyl/N-ethyl adjacent to an activating group) is 1. The fourth-order valence-corrected chi connectivity index (χ4v) is 2.06. The Balaban J connectivity index is 2.41. The highest BCUT2D eigenvalue weighted by molar-refractivity contribution is 9.10. The standard InChI is InChI=1S/C11H9BrN2O3/c1-14-10(16)8(9(15)13-11(14)17)6-3-2-4-7(12)5-6/h2-5,8H,1H3,(H,13,15,17). The predicted octanol–water partition coefficient (Wildman–Crippen LogP) is 1.24. The molecule has 1 saturated heterocycles. The van der Waals surface area contributed by atoms with Crippen LogP contribution in [0.15, 0.2) is 28.7 Å². The van der Waals surface area contributed by atoms with Crippen molar-refractivity contribution < 1.29 is 14.4 Å². The van der Waals surface area contributed by atoms with E-state index in [9.17, 15) is 14.4 Å². The molecule has 2 rings (SSSR count). The molecule has 1 aliphatic rings. The third-order valence-corrected chi connectivity index (χ3v) is 3.05. The molecule has 1 heterocycles. The zero-order valence-electron chi connectivity index (χ0n) is 8.94. The van der Waals surface area contributed by atoms with Gasteiger partial charge in [0, 0.05) is 11.5 Å². The number of urea groups is 1. The van der Waals surface area contributed by atoms with Crippen LogP contribution in [0.25, 0.3) is 0 Å². The van der Waals surface area contributed by atoms with Crippen molar-refractivity contribution in [3.05, 3.63) is 34.3 Å². The summed E-state index contributed by atoms with van der Waals surface area (Å²) in [6.07, 6.45) is 0. The van der Waals surface area contributed by atoms with Gasteiger partial charge in [0.05, 0.1) is 0 Å². The predicted molar refractivity (Wildman–Crippen MR) is 63.2 cm³/mol. The largest absolute Gasteiger partial charge is 0.330 e. The van der Waals surface area contributed by atoms with Crippen molar-refractivity contribution in [1.29, 1.82) is 0 Å². The first kappa shape index (κ1) is 11.8.